The van der Waals surface area contributed by atoms with Gasteiger partial charge in [0.15, 0.2) is 0 Å². The number of rotatable bonds is 1. The Bertz CT molecular complexity index is 461. The highest BCUT2D eigenvalue weighted by Crippen LogP contribution is 2.29. The molecular weight excluding hydrogens is 180 g/mol. The molecule has 0 aliphatic rings. The molecule has 15 heavy (non-hydrogen) atoms. The van der Waals surface area contributed by atoms with Crippen LogP contribution in [0.1, 0.15) is 16.7 Å². The van der Waals surface area contributed by atoms with Crippen molar-refractivity contribution in [3.05, 3.63) is 59.2 Å². The van der Waals surface area contributed by atoms with Crippen molar-refractivity contribution in [1.82, 2.24) is 0 Å². The first-order valence-corrected chi connectivity index (χ1v) is 5.23. The molecule has 2 aromatic rings. The summed E-state index contributed by atoms with van der Waals surface area (Å²) in [7, 11) is 0. The van der Waals surface area contributed by atoms with Crippen LogP contribution in [0.15, 0.2) is 36.4 Å². The fraction of sp³-hybridized carbons (Fsp3) is 0.200. The van der Waals surface area contributed by atoms with Crippen molar-refractivity contribution in [1.29, 1.82) is 0 Å². The lowest BCUT2D eigenvalue weighted by Crippen LogP contribution is -1.89. The van der Waals surface area contributed by atoms with Gasteiger partial charge in [0.25, 0.3) is 0 Å². The maximum atomic E-state index is 3.11. The zero-order chi connectivity index (χ0) is 10.8. The number of aryl methyl sites for hydroxylation is 3. The molecule has 0 spiro atoms. The summed E-state index contributed by atoms with van der Waals surface area (Å²) in [6.45, 7) is 6.47. The van der Waals surface area contributed by atoms with E-state index in [0.717, 1.165) is 0 Å². The molecule has 0 atom stereocenters. The summed E-state index contributed by atoms with van der Waals surface area (Å²) >= 11 is 0. The van der Waals surface area contributed by atoms with Crippen molar-refractivity contribution in [2.24, 2.45) is 0 Å². The van der Waals surface area contributed by atoms with Gasteiger partial charge in [0.1, 0.15) is 0 Å². The summed E-state index contributed by atoms with van der Waals surface area (Å²) in [6.07, 6.45) is 0. The highest BCUT2D eigenvalue weighted by Gasteiger charge is 2.06. The normalized spacial score (nSPS) is 10.3. The molecule has 0 aromatic heterocycles. The number of benzene rings is 2. The third-order valence-electron chi connectivity index (χ3n) is 2.82. The van der Waals surface area contributed by atoms with Gasteiger partial charge in [-0.1, -0.05) is 36.4 Å². The number of hydrogen-bond acceptors (Lipinski definition) is 0. The van der Waals surface area contributed by atoms with Gasteiger partial charge < -0.3 is 0 Å². The molecule has 2 rings (SSSR count). The average molecular weight is 195 g/mol. The van der Waals surface area contributed by atoms with E-state index in [1.807, 2.05) is 12.1 Å². The molecule has 0 nitrogen and oxygen atoms in total. The molecule has 0 heteroatoms. The van der Waals surface area contributed by atoms with Crippen molar-refractivity contribution >= 4 is 0 Å². The monoisotopic (exact) mass is 195 g/mol. The molecule has 0 N–H and O–H groups in total. The van der Waals surface area contributed by atoms with Crippen molar-refractivity contribution in [3.63, 3.8) is 0 Å². The molecule has 2 aromatic carbocycles. The first-order chi connectivity index (χ1) is 7.20. The van der Waals surface area contributed by atoms with E-state index in [2.05, 4.69) is 51.1 Å². The smallest absolute Gasteiger partial charge is 0.0123 e. The molecule has 0 unspecified atom stereocenters. The maximum Gasteiger partial charge on any atom is -0.0123 e. The van der Waals surface area contributed by atoms with Crippen LogP contribution in [0, 0.1) is 26.8 Å². The van der Waals surface area contributed by atoms with Crippen LogP contribution in [0.4, 0.5) is 0 Å². The molecule has 75 valence electrons. The summed E-state index contributed by atoms with van der Waals surface area (Å²) < 4.78 is 0. The zero-order valence-corrected chi connectivity index (χ0v) is 9.46. The third kappa shape index (κ3) is 1.80. The van der Waals surface area contributed by atoms with E-state index in [0.29, 0.717) is 0 Å². The van der Waals surface area contributed by atoms with E-state index in [1.54, 1.807) is 0 Å². The van der Waals surface area contributed by atoms with E-state index in [9.17, 15) is 0 Å². The second-order valence-electron chi connectivity index (χ2n) is 4.01. The Morgan fingerprint density at radius 3 is 2.13 bits per heavy atom. The Morgan fingerprint density at radius 1 is 0.867 bits per heavy atom. The second-order valence-corrected chi connectivity index (χ2v) is 4.01. The standard InChI is InChI=1S/C15H15/c1-11-7-4-5-10-14(11)15-12(2)8-6-9-13(15)3/h5-10H,1-3H3. The average Bonchev–Trinajstić information content (AvgIpc) is 2.20. The molecule has 0 fully saturated rings. The van der Waals surface area contributed by atoms with Crippen LogP contribution >= 0.6 is 0 Å². The maximum absolute atomic E-state index is 3.11. The summed E-state index contributed by atoms with van der Waals surface area (Å²) in [5.41, 5.74) is 6.65. The van der Waals surface area contributed by atoms with E-state index in [1.165, 1.54) is 27.8 Å². The summed E-state index contributed by atoms with van der Waals surface area (Å²) in [4.78, 5) is 0. The van der Waals surface area contributed by atoms with Crippen molar-refractivity contribution < 1.29 is 0 Å². The first kappa shape index (κ1) is 9.97. The van der Waals surface area contributed by atoms with Gasteiger partial charge in [0.05, 0.1) is 0 Å². The quantitative estimate of drug-likeness (QED) is 0.643. The van der Waals surface area contributed by atoms with E-state index in [4.69, 9.17) is 0 Å². The lowest BCUT2D eigenvalue weighted by atomic mass is 9.93. The Morgan fingerprint density at radius 2 is 1.53 bits per heavy atom. The largest absolute Gasteiger partial charge is 0.0617 e. The van der Waals surface area contributed by atoms with E-state index >= 15 is 0 Å². The van der Waals surface area contributed by atoms with Crippen LogP contribution < -0.4 is 0 Å². The van der Waals surface area contributed by atoms with Crippen LogP contribution in [0.2, 0.25) is 0 Å². The van der Waals surface area contributed by atoms with Crippen molar-refractivity contribution in [2.75, 3.05) is 0 Å². The SMILES string of the molecule is Cc1c[c]ccc1-c1c(C)cccc1C. The summed E-state index contributed by atoms with van der Waals surface area (Å²) in [5.74, 6) is 0. The Labute approximate surface area is 91.6 Å². The van der Waals surface area contributed by atoms with Gasteiger partial charge in [0.2, 0.25) is 0 Å². The minimum atomic E-state index is 1.29. The van der Waals surface area contributed by atoms with Crippen LogP contribution in [0.5, 0.6) is 0 Å². The Kier molecular flexibility index (Phi) is 2.59. The van der Waals surface area contributed by atoms with Crippen molar-refractivity contribution in [3.8, 4) is 11.1 Å². The fourth-order valence-electron chi connectivity index (χ4n) is 2.03. The molecule has 0 amide bonds. The predicted molar refractivity (Wildman–Crippen MR) is 64.9 cm³/mol. The predicted octanol–water partition coefficient (Wildman–Crippen LogP) is 4.08. The topological polar surface area (TPSA) is 0 Å². The summed E-state index contributed by atoms with van der Waals surface area (Å²) in [6, 6.07) is 15.7. The third-order valence-corrected chi connectivity index (χ3v) is 2.82. The summed E-state index contributed by atoms with van der Waals surface area (Å²) in [5, 5.41) is 0. The highest BCUT2D eigenvalue weighted by atomic mass is 14.1. The van der Waals surface area contributed by atoms with Gasteiger partial charge in [-0.25, -0.2) is 0 Å². The Balaban J connectivity index is 2.69. The minimum absolute atomic E-state index is 1.29. The van der Waals surface area contributed by atoms with Crippen molar-refractivity contribution in [2.45, 2.75) is 20.8 Å². The van der Waals surface area contributed by atoms with E-state index < -0.39 is 0 Å². The lowest BCUT2D eigenvalue weighted by molar-refractivity contribution is 1.35. The van der Waals surface area contributed by atoms with Crippen LogP contribution in [-0.4, -0.2) is 0 Å². The fourth-order valence-corrected chi connectivity index (χ4v) is 2.03. The van der Waals surface area contributed by atoms with Gasteiger partial charge in [0, 0.05) is 0 Å². The molecule has 0 saturated heterocycles. The van der Waals surface area contributed by atoms with Gasteiger partial charge >= 0.3 is 0 Å². The molecule has 0 bridgehead atoms. The zero-order valence-electron chi connectivity index (χ0n) is 9.46. The highest BCUT2D eigenvalue weighted by molar-refractivity contribution is 5.73. The van der Waals surface area contributed by atoms with Crippen LogP contribution in [-0.2, 0) is 0 Å². The molecule has 0 aliphatic heterocycles. The number of hydrogen-bond donors (Lipinski definition) is 0. The van der Waals surface area contributed by atoms with E-state index in [-0.39, 0.29) is 0 Å². The van der Waals surface area contributed by atoms with Gasteiger partial charge in [-0.15, -0.1) is 0 Å². The lowest BCUT2D eigenvalue weighted by Gasteiger charge is -2.12. The molecular formula is C15H15. The van der Waals surface area contributed by atoms with Crippen LogP contribution in [0.3, 0.4) is 0 Å². The van der Waals surface area contributed by atoms with Gasteiger partial charge in [-0.2, -0.15) is 0 Å². The van der Waals surface area contributed by atoms with Gasteiger partial charge in [-0.3, -0.25) is 0 Å². The molecule has 0 aliphatic carbocycles. The first-order valence-electron chi connectivity index (χ1n) is 5.23. The Hall–Kier alpha value is -1.56. The van der Waals surface area contributed by atoms with Gasteiger partial charge in [-0.05, 0) is 54.7 Å². The second kappa shape index (κ2) is 3.90. The molecule has 0 heterocycles. The molecule has 0 saturated carbocycles. The molecule has 1 radical (unpaired) electrons. The van der Waals surface area contributed by atoms with Crippen LogP contribution in [0.25, 0.3) is 11.1 Å². The minimum Gasteiger partial charge on any atom is -0.0617 e.